The van der Waals surface area contributed by atoms with Gasteiger partial charge < -0.3 is 9.47 Å². The van der Waals surface area contributed by atoms with Crippen LogP contribution < -0.4 is 9.47 Å². The van der Waals surface area contributed by atoms with Crippen LogP contribution in [-0.4, -0.2) is 32.8 Å². The summed E-state index contributed by atoms with van der Waals surface area (Å²) in [6.45, 7) is -2.43. The maximum Gasteiger partial charge on any atom is 0.387 e. The molecule has 1 aromatic carbocycles. The Morgan fingerprint density at radius 2 is 1.93 bits per heavy atom. The summed E-state index contributed by atoms with van der Waals surface area (Å²) in [5.74, 6) is 0.800. The van der Waals surface area contributed by atoms with Crippen molar-refractivity contribution >= 4 is 5.65 Å². The van der Waals surface area contributed by atoms with Crippen molar-refractivity contribution in [2.75, 3.05) is 6.61 Å². The molecule has 0 radical (unpaired) electrons. The summed E-state index contributed by atoms with van der Waals surface area (Å²) in [5.41, 5.74) is 3.80. The molecule has 30 heavy (non-hydrogen) atoms. The molecule has 0 atom stereocenters. The summed E-state index contributed by atoms with van der Waals surface area (Å²) in [6.07, 6.45) is 7.32. The molecule has 0 unspecified atom stereocenters. The lowest BCUT2D eigenvalue weighted by Gasteiger charge is -2.14. The van der Waals surface area contributed by atoms with Crippen LogP contribution in [0, 0.1) is 5.92 Å². The predicted molar refractivity (Wildman–Crippen MR) is 107 cm³/mol. The second-order valence-corrected chi connectivity index (χ2v) is 7.17. The van der Waals surface area contributed by atoms with Crippen molar-refractivity contribution in [3.63, 3.8) is 0 Å². The summed E-state index contributed by atoms with van der Waals surface area (Å²) >= 11 is 0. The smallest absolute Gasteiger partial charge is 0.387 e. The van der Waals surface area contributed by atoms with Crippen LogP contribution in [0.3, 0.4) is 0 Å². The molecular weight excluding hydrogens is 390 g/mol. The van der Waals surface area contributed by atoms with Crippen molar-refractivity contribution in [1.82, 2.24) is 19.6 Å². The highest BCUT2D eigenvalue weighted by Gasteiger charge is 2.23. The fraction of sp³-hybridized carbons (Fsp3) is 0.227. The first-order valence-electron chi connectivity index (χ1n) is 9.64. The zero-order valence-corrected chi connectivity index (χ0v) is 15.9. The molecule has 0 amide bonds. The van der Waals surface area contributed by atoms with Crippen LogP contribution in [0.4, 0.5) is 8.78 Å². The fourth-order valence-corrected chi connectivity index (χ4v) is 3.23. The lowest BCUT2D eigenvalue weighted by Crippen LogP contribution is -2.06. The van der Waals surface area contributed by atoms with Crippen LogP contribution in [0.15, 0.2) is 61.1 Å². The number of aromatic nitrogens is 4. The molecule has 1 fully saturated rings. The summed E-state index contributed by atoms with van der Waals surface area (Å²) in [5, 5.41) is 4.67. The maximum atomic E-state index is 12.8. The lowest BCUT2D eigenvalue weighted by atomic mass is 10.1. The normalized spacial score (nSPS) is 13.7. The van der Waals surface area contributed by atoms with Crippen LogP contribution in [0.25, 0.3) is 28.2 Å². The summed E-state index contributed by atoms with van der Waals surface area (Å²) in [6, 6.07) is 12.4. The molecule has 5 rings (SSSR count). The molecule has 0 spiro atoms. The van der Waals surface area contributed by atoms with Crippen molar-refractivity contribution in [1.29, 1.82) is 0 Å². The molecule has 1 saturated carbocycles. The third kappa shape index (κ3) is 3.80. The average molecular weight is 408 g/mol. The predicted octanol–water partition coefficient (Wildman–Crippen LogP) is 4.85. The average Bonchev–Trinajstić information content (AvgIpc) is 3.48. The highest BCUT2D eigenvalue weighted by atomic mass is 19.3. The first-order valence-corrected chi connectivity index (χ1v) is 9.64. The van der Waals surface area contributed by atoms with E-state index in [1.807, 2.05) is 24.3 Å². The molecule has 152 valence electrons. The Hall–Kier alpha value is -3.55. The molecule has 3 aromatic heterocycles. The SMILES string of the molecule is FC(F)Oc1ccc(-c2ccnc3cc(-c4cccnc4)nn23)cc1OCC1CC1. The van der Waals surface area contributed by atoms with Gasteiger partial charge in [0.05, 0.1) is 18.0 Å². The van der Waals surface area contributed by atoms with Gasteiger partial charge in [-0.2, -0.15) is 13.9 Å². The molecule has 1 aliphatic rings. The van der Waals surface area contributed by atoms with E-state index in [1.54, 1.807) is 35.2 Å². The van der Waals surface area contributed by atoms with Crippen LogP contribution in [0.2, 0.25) is 0 Å². The van der Waals surface area contributed by atoms with E-state index in [0.29, 0.717) is 23.9 Å². The zero-order chi connectivity index (χ0) is 20.5. The number of hydrogen-bond acceptors (Lipinski definition) is 5. The van der Waals surface area contributed by atoms with E-state index in [4.69, 9.17) is 4.74 Å². The molecule has 0 bridgehead atoms. The van der Waals surface area contributed by atoms with Gasteiger partial charge in [0, 0.05) is 35.8 Å². The Morgan fingerprint density at radius 1 is 1.03 bits per heavy atom. The number of nitrogens with zero attached hydrogens (tertiary/aromatic N) is 4. The Balaban J connectivity index is 1.55. The number of benzene rings is 1. The van der Waals surface area contributed by atoms with Crippen molar-refractivity contribution in [3.05, 3.63) is 61.1 Å². The van der Waals surface area contributed by atoms with E-state index in [-0.39, 0.29) is 5.75 Å². The molecule has 0 aliphatic heterocycles. The largest absolute Gasteiger partial charge is 0.489 e. The van der Waals surface area contributed by atoms with Crippen LogP contribution in [0.1, 0.15) is 12.8 Å². The molecule has 8 heteroatoms. The van der Waals surface area contributed by atoms with Gasteiger partial charge in [-0.05, 0) is 55.2 Å². The second kappa shape index (κ2) is 7.70. The van der Waals surface area contributed by atoms with Gasteiger partial charge in [0.25, 0.3) is 0 Å². The van der Waals surface area contributed by atoms with Crippen molar-refractivity contribution < 1.29 is 18.3 Å². The summed E-state index contributed by atoms with van der Waals surface area (Å²) in [4.78, 5) is 8.52. The van der Waals surface area contributed by atoms with Gasteiger partial charge in [-0.1, -0.05) is 0 Å². The van der Waals surface area contributed by atoms with Gasteiger partial charge in [0.2, 0.25) is 0 Å². The van der Waals surface area contributed by atoms with E-state index >= 15 is 0 Å². The molecular formula is C22H18F2N4O2. The Bertz CT molecular complexity index is 1180. The Morgan fingerprint density at radius 3 is 2.70 bits per heavy atom. The van der Waals surface area contributed by atoms with E-state index < -0.39 is 6.61 Å². The summed E-state index contributed by atoms with van der Waals surface area (Å²) in [7, 11) is 0. The molecule has 4 aromatic rings. The number of alkyl halides is 2. The highest BCUT2D eigenvalue weighted by Crippen LogP contribution is 2.36. The minimum Gasteiger partial charge on any atom is -0.489 e. The van der Waals surface area contributed by atoms with Crippen molar-refractivity contribution in [2.45, 2.75) is 19.5 Å². The van der Waals surface area contributed by atoms with E-state index in [1.165, 1.54) is 6.07 Å². The van der Waals surface area contributed by atoms with Crippen molar-refractivity contribution in [2.24, 2.45) is 5.92 Å². The fourth-order valence-electron chi connectivity index (χ4n) is 3.23. The molecule has 6 nitrogen and oxygen atoms in total. The highest BCUT2D eigenvalue weighted by molar-refractivity contribution is 5.69. The standard InChI is InChI=1S/C22H18F2N4O2/c23-22(24)30-19-6-5-15(10-20(19)29-13-14-3-4-14)18-7-9-26-21-11-17(27-28(18)21)16-2-1-8-25-12-16/h1-2,5-12,14,22H,3-4,13H2. The number of ether oxygens (including phenoxy) is 2. The van der Waals surface area contributed by atoms with Gasteiger partial charge in [0.15, 0.2) is 17.1 Å². The first-order chi connectivity index (χ1) is 14.7. The zero-order valence-electron chi connectivity index (χ0n) is 15.9. The Kier molecular flexibility index (Phi) is 4.74. The van der Waals surface area contributed by atoms with E-state index in [2.05, 4.69) is 19.8 Å². The molecule has 0 saturated heterocycles. The number of rotatable bonds is 7. The van der Waals surface area contributed by atoms with E-state index in [0.717, 1.165) is 35.4 Å². The van der Waals surface area contributed by atoms with E-state index in [9.17, 15) is 8.78 Å². The Labute approximate surface area is 171 Å². The third-order valence-corrected chi connectivity index (χ3v) is 4.94. The van der Waals surface area contributed by atoms with Gasteiger partial charge in [0.1, 0.15) is 0 Å². The third-order valence-electron chi connectivity index (χ3n) is 4.94. The van der Waals surface area contributed by atoms with Gasteiger partial charge in [-0.25, -0.2) is 9.50 Å². The number of hydrogen-bond donors (Lipinski definition) is 0. The minimum absolute atomic E-state index is 0.0243. The van der Waals surface area contributed by atoms with Gasteiger partial charge in [-0.3, -0.25) is 4.98 Å². The topological polar surface area (TPSA) is 61.5 Å². The maximum absolute atomic E-state index is 12.8. The van der Waals surface area contributed by atoms with Gasteiger partial charge >= 0.3 is 6.61 Å². The summed E-state index contributed by atoms with van der Waals surface area (Å²) < 4.78 is 37.8. The van der Waals surface area contributed by atoms with Crippen LogP contribution in [-0.2, 0) is 0 Å². The molecule has 3 heterocycles. The van der Waals surface area contributed by atoms with Gasteiger partial charge in [-0.15, -0.1) is 0 Å². The molecule has 0 N–H and O–H groups in total. The van der Waals surface area contributed by atoms with Crippen LogP contribution >= 0.6 is 0 Å². The van der Waals surface area contributed by atoms with Crippen molar-refractivity contribution in [3.8, 4) is 34.0 Å². The number of pyridine rings is 1. The second-order valence-electron chi connectivity index (χ2n) is 7.17. The van der Waals surface area contributed by atoms with Crippen LogP contribution in [0.5, 0.6) is 11.5 Å². The first kappa shape index (κ1) is 18.5. The minimum atomic E-state index is -2.92. The molecule has 1 aliphatic carbocycles. The number of fused-ring (bicyclic) bond motifs is 1. The quantitative estimate of drug-likeness (QED) is 0.438. The monoisotopic (exact) mass is 408 g/mol. The number of halogens is 2. The lowest BCUT2D eigenvalue weighted by molar-refractivity contribution is -0.0515.